The Morgan fingerprint density at radius 2 is 1.85 bits per heavy atom. The van der Waals surface area contributed by atoms with Crippen molar-refractivity contribution in [1.29, 1.82) is 0 Å². The summed E-state index contributed by atoms with van der Waals surface area (Å²) >= 11 is 3.39. The molecule has 1 atom stereocenters. The number of hydrogen-bond donors (Lipinski definition) is 3. The van der Waals surface area contributed by atoms with Crippen LogP contribution in [0.1, 0.15) is 31.9 Å². The largest absolute Gasteiger partial charge is 0.338 e. The minimum atomic E-state index is -0.462. The summed E-state index contributed by atoms with van der Waals surface area (Å²) in [6.07, 6.45) is 0.857. The van der Waals surface area contributed by atoms with Crippen LogP contribution in [0.25, 0.3) is 0 Å². The second-order valence-corrected chi connectivity index (χ2v) is 5.22. The van der Waals surface area contributed by atoms with Crippen molar-refractivity contribution in [3.05, 3.63) is 34.3 Å². The van der Waals surface area contributed by atoms with Gasteiger partial charge >= 0.3 is 6.03 Å². The van der Waals surface area contributed by atoms with E-state index in [4.69, 9.17) is 0 Å². The van der Waals surface area contributed by atoms with Gasteiger partial charge in [-0.05, 0) is 31.0 Å². The zero-order valence-corrected chi connectivity index (χ0v) is 13.3. The summed E-state index contributed by atoms with van der Waals surface area (Å²) in [6.45, 7) is 4.43. The molecule has 6 heteroatoms. The highest BCUT2D eigenvalue weighted by Gasteiger charge is 2.12. The second-order valence-electron chi connectivity index (χ2n) is 4.30. The Kier molecular flexibility index (Phi) is 7.25. The Labute approximate surface area is 127 Å². The number of nitrogens with one attached hydrogen (secondary N) is 3. The molecule has 0 fully saturated rings. The molecule has 1 rings (SSSR count). The zero-order chi connectivity index (χ0) is 15.0. The predicted molar refractivity (Wildman–Crippen MR) is 82.4 cm³/mol. The molecular weight excluding hydrogens is 322 g/mol. The molecule has 0 spiro atoms. The molecule has 5 nitrogen and oxygen atoms in total. The molecule has 3 N–H and O–H groups in total. The van der Waals surface area contributed by atoms with Crippen LogP contribution < -0.4 is 16.0 Å². The molecular formula is C14H20BrN3O2. The maximum absolute atomic E-state index is 11.6. The molecule has 1 aromatic rings. The standard InChI is InChI=1S/C14H20BrN3O2/c1-3-12(10-5-7-11(15)8-6-10)17-9-13(19)18-14(20)16-4-2/h5-8,12,17H,3-4,9H2,1-2H3,(H2,16,18,19,20)/t12-/m0/s1. The van der Waals surface area contributed by atoms with Crippen molar-refractivity contribution in [2.75, 3.05) is 13.1 Å². The number of imide groups is 1. The third kappa shape index (κ3) is 5.71. The average molecular weight is 342 g/mol. The first-order chi connectivity index (χ1) is 9.56. The fourth-order valence-electron chi connectivity index (χ4n) is 1.78. The summed E-state index contributed by atoms with van der Waals surface area (Å²) in [5, 5.41) is 7.92. The van der Waals surface area contributed by atoms with E-state index in [1.807, 2.05) is 31.2 Å². The van der Waals surface area contributed by atoms with E-state index in [1.165, 1.54) is 0 Å². The smallest absolute Gasteiger partial charge is 0.321 e. The van der Waals surface area contributed by atoms with Gasteiger partial charge in [-0.2, -0.15) is 0 Å². The highest BCUT2D eigenvalue weighted by molar-refractivity contribution is 9.10. The number of halogens is 1. The molecule has 0 heterocycles. The summed E-state index contributed by atoms with van der Waals surface area (Å²) < 4.78 is 1.02. The van der Waals surface area contributed by atoms with Gasteiger partial charge in [0.15, 0.2) is 0 Å². The first kappa shape index (κ1) is 16.7. The van der Waals surface area contributed by atoms with Gasteiger partial charge in [0.1, 0.15) is 0 Å². The number of carbonyl (C=O) groups excluding carboxylic acids is 2. The van der Waals surface area contributed by atoms with Crippen molar-refractivity contribution in [3.63, 3.8) is 0 Å². The summed E-state index contributed by atoms with van der Waals surface area (Å²) in [6, 6.07) is 7.57. The topological polar surface area (TPSA) is 70.2 Å². The van der Waals surface area contributed by atoms with Gasteiger partial charge in [-0.25, -0.2) is 4.79 Å². The lowest BCUT2D eigenvalue weighted by Crippen LogP contribution is -2.43. The maximum atomic E-state index is 11.6. The fourth-order valence-corrected chi connectivity index (χ4v) is 2.05. The normalized spacial score (nSPS) is 11.8. The van der Waals surface area contributed by atoms with Crippen molar-refractivity contribution >= 4 is 27.9 Å². The Bertz CT molecular complexity index is 448. The number of hydrogen-bond acceptors (Lipinski definition) is 3. The van der Waals surface area contributed by atoms with Crippen LogP contribution >= 0.6 is 15.9 Å². The Morgan fingerprint density at radius 1 is 1.20 bits per heavy atom. The van der Waals surface area contributed by atoms with Gasteiger partial charge in [-0.3, -0.25) is 10.1 Å². The molecule has 0 saturated heterocycles. The molecule has 0 aromatic heterocycles. The van der Waals surface area contributed by atoms with Crippen LogP contribution in [0.5, 0.6) is 0 Å². The minimum Gasteiger partial charge on any atom is -0.338 e. The Morgan fingerprint density at radius 3 is 2.40 bits per heavy atom. The van der Waals surface area contributed by atoms with Gasteiger partial charge in [0.05, 0.1) is 6.54 Å². The van der Waals surface area contributed by atoms with E-state index < -0.39 is 6.03 Å². The van der Waals surface area contributed by atoms with Gasteiger partial charge in [-0.1, -0.05) is 35.0 Å². The van der Waals surface area contributed by atoms with Crippen molar-refractivity contribution in [2.24, 2.45) is 0 Å². The van der Waals surface area contributed by atoms with Crippen LogP contribution in [0.15, 0.2) is 28.7 Å². The molecule has 20 heavy (non-hydrogen) atoms. The zero-order valence-electron chi connectivity index (χ0n) is 11.7. The number of urea groups is 1. The third-order valence-electron chi connectivity index (χ3n) is 2.78. The SMILES string of the molecule is CCNC(=O)NC(=O)CN[C@@H](CC)c1ccc(Br)cc1. The predicted octanol–water partition coefficient (Wildman–Crippen LogP) is 2.34. The number of amides is 3. The third-order valence-corrected chi connectivity index (χ3v) is 3.31. The van der Waals surface area contributed by atoms with Crippen molar-refractivity contribution in [2.45, 2.75) is 26.3 Å². The van der Waals surface area contributed by atoms with Crippen molar-refractivity contribution in [1.82, 2.24) is 16.0 Å². The van der Waals surface area contributed by atoms with E-state index in [2.05, 4.69) is 31.9 Å². The lowest BCUT2D eigenvalue weighted by Gasteiger charge is -2.17. The molecule has 1 aromatic carbocycles. The lowest BCUT2D eigenvalue weighted by atomic mass is 10.0. The van der Waals surface area contributed by atoms with E-state index in [0.717, 1.165) is 16.5 Å². The van der Waals surface area contributed by atoms with Gasteiger partial charge in [-0.15, -0.1) is 0 Å². The Hall–Kier alpha value is -1.40. The molecule has 0 saturated carbocycles. The molecule has 0 aliphatic carbocycles. The Balaban J connectivity index is 2.47. The van der Waals surface area contributed by atoms with Gasteiger partial charge in [0.25, 0.3) is 0 Å². The second kappa shape index (κ2) is 8.71. The highest BCUT2D eigenvalue weighted by Crippen LogP contribution is 2.19. The van der Waals surface area contributed by atoms with E-state index in [9.17, 15) is 9.59 Å². The molecule has 3 amide bonds. The van der Waals surface area contributed by atoms with E-state index in [-0.39, 0.29) is 18.5 Å². The van der Waals surface area contributed by atoms with Crippen LogP contribution in [0.4, 0.5) is 4.79 Å². The monoisotopic (exact) mass is 341 g/mol. The lowest BCUT2D eigenvalue weighted by molar-refractivity contribution is -0.119. The first-order valence-corrected chi connectivity index (χ1v) is 7.42. The molecule has 0 aliphatic rings. The molecule has 110 valence electrons. The molecule has 0 unspecified atom stereocenters. The minimum absolute atomic E-state index is 0.0862. The van der Waals surface area contributed by atoms with Crippen LogP contribution in [0.3, 0.4) is 0 Å². The van der Waals surface area contributed by atoms with Crippen molar-refractivity contribution < 1.29 is 9.59 Å². The van der Waals surface area contributed by atoms with Crippen molar-refractivity contribution in [3.8, 4) is 0 Å². The molecule has 0 aliphatic heterocycles. The van der Waals surface area contributed by atoms with E-state index in [0.29, 0.717) is 6.54 Å². The van der Waals surface area contributed by atoms with Gasteiger partial charge < -0.3 is 10.6 Å². The summed E-state index contributed by atoms with van der Waals surface area (Å²) in [4.78, 5) is 22.8. The average Bonchev–Trinajstić information content (AvgIpc) is 2.41. The van der Waals surface area contributed by atoms with Gasteiger partial charge in [0.2, 0.25) is 5.91 Å². The fraction of sp³-hybridized carbons (Fsp3) is 0.429. The number of rotatable bonds is 6. The molecule has 0 radical (unpaired) electrons. The van der Waals surface area contributed by atoms with E-state index in [1.54, 1.807) is 6.92 Å². The quantitative estimate of drug-likeness (QED) is 0.743. The van der Waals surface area contributed by atoms with Crippen LogP contribution in [-0.2, 0) is 4.79 Å². The highest BCUT2D eigenvalue weighted by atomic mass is 79.9. The van der Waals surface area contributed by atoms with Crippen LogP contribution in [0.2, 0.25) is 0 Å². The first-order valence-electron chi connectivity index (χ1n) is 6.63. The summed E-state index contributed by atoms with van der Waals surface area (Å²) in [5.41, 5.74) is 1.11. The van der Waals surface area contributed by atoms with Crippen LogP contribution in [-0.4, -0.2) is 25.0 Å². The summed E-state index contributed by atoms with van der Waals surface area (Å²) in [7, 11) is 0. The molecule has 0 bridgehead atoms. The van der Waals surface area contributed by atoms with E-state index >= 15 is 0 Å². The van der Waals surface area contributed by atoms with Gasteiger partial charge in [0, 0.05) is 17.1 Å². The number of benzene rings is 1. The number of carbonyl (C=O) groups is 2. The maximum Gasteiger partial charge on any atom is 0.321 e. The van der Waals surface area contributed by atoms with Crippen LogP contribution in [0, 0.1) is 0 Å². The summed E-state index contributed by atoms with van der Waals surface area (Å²) in [5.74, 6) is -0.341.